The lowest BCUT2D eigenvalue weighted by atomic mass is 9.96. The normalized spacial score (nSPS) is 13.3. The lowest BCUT2D eigenvalue weighted by Gasteiger charge is -2.19. The molecule has 1 aromatic heterocycles. The van der Waals surface area contributed by atoms with Crippen LogP contribution in [0.5, 0.6) is 0 Å². The molecule has 0 saturated carbocycles. The number of hydrogen-bond acceptors (Lipinski definition) is 7. The number of aliphatic hydroxyl groups is 2. The number of pyridine rings is 1. The van der Waals surface area contributed by atoms with Crippen LogP contribution in [0.4, 0.5) is 14.6 Å². The molecule has 1 amide bonds. The van der Waals surface area contributed by atoms with Gasteiger partial charge in [0, 0.05) is 18.0 Å². The molecule has 0 bridgehead atoms. The highest BCUT2D eigenvalue weighted by Crippen LogP contribution is 2.27. The first-order valence-electron chi connectivity index (χ1n) is 9.54. The first-order chi connectivity index (χ1) is 14.7. The van der Waals surface area contributed by atoms with Gasteiger partial charge < -0.3 is 21.3 Å². The van der Waals surface area contributed by atoms with Gasteiger partial charge in [0.05, 0.1) is 16.8 Å². The number of nitrogens with one attached hydrogen (secondary N) is 1. The van der Waals surface area contributed by atoms with Crippen LogP contribution in [0.15, 0.2) is 47.4 Å². The summed E-state index contributed by atoms with van der Waals surface area (Å²) in [5.74, 6) is -2.46. The van der Waals surface area contributed by atoms with Crippen molar-refractivity contribution < 1.29 is 23.8 Å². The fourth-order valence-corrected chi connectivity index (χ4v) is 3.17. The van der Waals surface area contributed by atoms with Crippen LogP contribution in [0, 0.1) is 11.6 Å². The summed E-state index contributed by atoms with van der Waals surface area (Å²) < 4.78 is 29.4. The molecule has 7 nitrogen and oxygen atoms in total. The molecule has 172 valence electrons. The molecule has 0 saturated heterocycles. The Morgan fingerprint density at radius 1 is 1.12 bits per heavy atom. The number of halogens is 2. The average Bonchev–Trinajstić information content (AvgIpc) is 2.67. The number of rotatable bonds is 7. The fraction of sp³-hybridized carbons (Fsp3) is 0.318. The molecule has 10 heteroatoms. The molecule has 0 atom stereocenters. The number of hydrogen-bond donors (Lipinski definition) is 4. The van der Waals surface area contributed by atoms with Crippen LogP contribution in [-0.4, -0.2) is 32.4 Å². The van der Waals surface area contributed by atoms with Gasteiger partial charge in [-0.25, -0.2) is 18.8 Å². The zero-order valence-electron chi connectivity index (χ0n) is 18.4. The topological polar surface area (TPSA) is 121 Å². The molecule has 32 heavy (non-hydrogen) atoms. The minimum absolute atomic E-state index is 0.0598. The number of primary amides is 1. The third kappa shape index (κ3) is 6.35. The summed E-state index contributed by atoms with van der Waals surface area (Å²) in [5, 5.41) is 22.6. The highest BCUT2D eigenvalue weighted by atomic mass is 32.2. The average molecular weight is 465 g/mol. The Balaban J connectivity index is 2.41. The number of aliphatic imine (C=N–C) groups is 1. The van der Waals surface area contributed by atoms with Crippen LogP contribution in [0.2, 0.25) is 0 Å². The van der Waals surface area contributed by atoms with Crippen LogP contribution >= 0.6 is 11.8 Å². The highest BCUT2D eigenvalue weighted by molar-refractivity contribution is 8.13. The number of anilines is 1. The van der Waals surface area contributed by atoms with E-state index in [0.29, 0.717) is 11.4 Å². The van der Waals surface area contributed by atoms with E-state index in [1.54, 1.807) is 32.2 Å². The molecule has 2 rings (SSSR count). The van der Waals surface area contributed by atoms with E-state index in [9.17, 15) is 23.8 Å². The second kappa shape index (κ2) is 9.76. The van der Waals surface area contributed by atoms with E-state index in [0.717, 1.165) is 23.9 Å². The Kier molecular flexibility index (Phi) is 7.76. The van der Waals surface area contributed by atoms with Gasteiger partial charge in [-0.05, 0) is 57.7 Å². The van der Waals surface area contributed by atoms with Crippen LogP contribution in [0.3, 0.4) is 0 Å². The summed E-state index contributed by atoms with van der Waals surface area (Å²) in [6.45, 7) is 6.05. The number of benzene rings is 1. The second-order valence-corrected chi connectivity index (χ2v) is 8.82. The van der Waals surface area contributed by atoms with E-state index >= 15 is 0 Å². The van der Waals surface area contributed by atoms with Gasteiger partial charge in [-0.3, -0.25) is 4.79 Å². The summed E-state index contributed by atoms with van der Waals surface area (Å²) in [7, 11) is 0. The van der Waals surface area contributed by atoms with E-state index in [-0.39, 0.29) is 16.3 Å². The quantitative estimate of drug-likeness (QED) is 0.283. The third-order valence-electron chi connectivity index (χ3n) is 4.46. The number of nitrogens with two attached hydrogens (primary N) is 1. The van der Waals surface area contributed by atoms with Crippen molar-refractivity contribution in [3.05, 3.63) is 70.7 Å². The van der Waals surface area contributed by atoms with E-state index in [1.807, 2.05) is 0 Å². The summed E-state index contributed by atoms with van der Waals surface area (Å²) >= 11 is 0.924. The van der Waals surface area contributed by atoms with Gasteiger partial charge in [-0.2, -0.15) is 0 Å². The standard InChI is InChI=1S/C22H26F2N4O3S/c1-21(2,30)12-6-7-17(26-10-12)27-11-16(19(25)29)28-20(32-5)18-14(23)8-13(9-15(18)24)22(3,4)31/h6-11,30-31H,1-5H3,(H2,25,29)(H,26,27)/b16-11+,28-20-. The van der Waals surface area contributed by atoms with E-state index < -0.39 is 34.3 Å². The summed E-state index contributed by atoms with van der Waals surface area (Å²) in [4.78, 5) is 20.0. The van der Waals surface area contributed by atoms with E-state index in [4.69, 9.17) is 5.73 Å². The molecule has 1 aromatic carbocycles. The Morgan fingerprint density at radius 2 is 1.69 bits per heavy atom. The number of thioether (sulfide) groups is 1. The van der Waals surface area contributed by atoms with Crippen LogP contribution in [-0.2, 0) is 16.0 Å². The molecular weight excluding hydrogens is 438 g/mol. The zero-order chi connectivity index (χ0) is 24.3. The Labute approximate surface area is 189 Å². The lowest BCUT2D eigenvalue weighted by Crippen LogP contribution is -2.18. The van der Waals surface area contributed by atoms with Gasteiger partial charge in [0.2, 0.25) is 0 Å². The second-order valence-electron chi connectivity index (χ2n) is 8.02. The van der Waals surface area contributed by atoms with Crippen LogP contribution in [0.1, 0.15) is 44.4 Å². The summed E-state index contributed by atoms with van der Waals surface area (Å²) in [5.41, 5.74) is 2.81. The fourth-order valence-electron chi connectivity index (χ4n) is 2.59. The van der Waals surface area contributed by atoms with Crippen molar-refractivity contribution in [2.75, 3.05) is 11.6 Å². The largest absolute Gasteiger partial charge is 0.386 e. The molecule has 0 aliphatic carbocycles. The number of carbonyl (C=O) groups is 1. The molecule has 1 heterocycles. The SMILES string of the molecule is CS/C(=N\C(=C\Nc1ccc(C(C)(C)O)cn1)C(N)=O)c1c(F)cc(C(C)(C)O)cc1F. The highest BCUT2D eigenvalue weighted by Gasteiger charge is 2.23. The molecule has 0 unspecified atom stereocenters. The molecule has 0 aliphatic rings. The van der Waals surface area contributed by atoms with Crippen molar-refractivity contribution >= 4 is 28.5 Å². The van der Waals surface area contributed by atoms with Crippen molar-refractivity contribution in [3.63, 3.8) is 0 Å². The minimum Gasteiger partial charge on any atom is -0.386 e. The molecule has 0 spiro atoms. The zero-order valence-corrected chi connectivity index (χ0v) is 19.2. The number of nitrogens with zero attached hydrogens (tertiary/aromatic N) is 2. The minimum atomic E-state index is -1.44. The number of carbonyl (C=O) groups excluding carboxylic acids is 1. The Hall–Kier alpha value is -2.82. The number of amides is 1. The summed E-state index contributed by atoms with van der Waals surface area (Å²) in [6, 6.07) is 5.27. The van der Waals surface area contributed by atoms with Crippen LogP contribution < -0.4 is 11.1 Å². The Bertz CT molecular complexity index is 1030. The van der Waals surface area contributed by atoms with Crippen molar-refractivity contribution in [2.45, 2.75) is 38.9 Å². The van der Waals surface area contributed by atoms with Gasteiger partial charge in [0.1, 0.15) is 28.2 Å². The summed E-state index contributed by atoms with van der Waals surface area (Å²) in [6.07, 6.45) is 4.18. The molecule has 0 aliphatic heterocycles. The maximum Gasteiger partial charge on any atom is 0.268 e. The van der Waals surface area contributed by atoms with Crippen molar-refractivity contribution in [2.24, 2.45) is 10.7 Å². The van der Waals surface area contributed by atoms with Crippen LogP contribution in [0.25, 0.3) is 0 Å². The van der Waals surface area contributed by atoms with E-state index in [2.05, 4.69) is 15.3 Å². The molecule has 2 aromatic rings. The van der Waals surface area contributed by atoms with Gasteiger partial charge >= 0.3 is 0 Å². The monoisotopic (exact) mass is 464 g/mol. The third-order valence-corrected chi connectivity index (χ3v) is 5.14. The number of aromatic nitrogens is 1. The maximum absolute atomic E-state index is 14.7. The Morgan fingerprint density at radius 3 is 2.09 bits per heavy atom. The molecule has 5 N–H and O–H groups in total. The van der Waals surface area contributed by atoms with E-state index in [1.165, 1.54) is 26.2 Å². The van der Waals surface area contributed by atoms with Crippen molar-refractivity contribution in [3.8, 4) is 0 Å². The van der Waals surface area contributed by atoms with Gasteiger partial charge in [-0.15, -0.1) is 11.8 Å². The lowest BCUT2D eigenvalue weighted by molar-refractivity contribution is -0.114. The predicted octanol–water partition coefficient (Wildman–Crippen LogP) is 3.36. The van der Waals surface area contributed by atoms with Gasteiger partial charge in [0.25, 0.3) is 5.91 Å². The van der Waals surface area contributed by atoms with Gasteiger partial charge in [-0.1, -0.05) is 6.07 Å². The van der Waals surface area contributed by atoms with Gasteiger partial charge in [0.15, 0.2) is 0 Å². The van der Waals surface area contributed by atoms with Crippen molar-refractivity contribution in [1.82, 2.24) is 4.98 Å². The van der Waals surface area contributed by atoms with Crippen molar-refractivity contribution in [1.29, 1.82) is 0 Å². The molecule has 0 radical (unpaired) electrons. The first kappa shape index (κ1) is 25.4. The predicted molar refractivity (Wildman–Crippen MR) is 122 cm³/mol. The molecular formula is C22H26F2N4O3S. The smallest absolute Gasteiger partial charge is 0.268 e. The maximum atomic E-state index is 14.7. The first-order valence-corrected chi connectivity index (χ1v) is 10.8. The molecule has 0 fully saturated rings.